The van der Waals surface area contributed by atoms with Crippen LogP contribution in [0.25, 0.3) is 11.0 Å². The minimum Gasteiger partial charge on any atom is -0.503 e. The lowest BCUT2D eigenvalue weighted by molar-refractivity contribution is -0.117. The second-order valence-electron chi connectivity index (χ2n) is 8.09. The second kappa shape index (κ2) is 8.11. The summed E-state index contributed by atoms with van der Waals surface area (Å²) in [6.07, 6.45) is 0. The molecule has 34 heavy (non-hydrogen) atoms. The Kier molecular flexibility index (Phi) is 5.21. The number of hydrogen-bond acceptors (Lipinski definition) is 6. The summed E-state index contributed by atoms with van der Waals surface area (Å²) in [4.78, 5) is 28.3. The highest BCUT2D eigenvalue weighted by Crippen LogP contribution is 2.43. The van der Waals surface area contributed by atoms with Crippen LogP contribution in [0.4, 0.5) is 5.69 Å². The van der Waals surface area contributed by atoms with Gasteiger partial charge in [0, 0.05) is 22.2 Å². The number of rotatable bonds is 5. The Hall–Kier alpha value is -3.97. The summed E-state index contributed by atoms with van der Waals surface area (Å²) < 4.78 is 16.9. The van der Waals surface area contributed by atoms with E-state index in [4.69, 9.17) is 25.2 Å². The van der Waals surface area contributed by atoms with Gasteiger partial charge in [0.05, 0.1) is 12.7 Å². The lowest BCUT2D eigenvalue weighted by Gasteiger charge is -2.25. The number of hydrogen-bond donors (Lipinski definition) is 1. The molecule has 2 aromatic heterocycles. The van der Waals surface area contributed by atoms with Crippen molar-refractivity contribution in [3.05, 3.63) is 93.8 Å². The number of methoxy groups -OCH3 is 1. The molecule has 5 rings (SSSR count). The predicted octanol–water partition coefficient (Wildman–Crippen LogP) is 6.09. The van der Waals surface area contributed by atoms with Crippen LogP contribution in [0, 0.1) is 13.8 Å². The van der Waals surface area contributed by atoms with E-state index in [2.05, 4.69) is 0 Å². The number of furan rings is 2. The first kappa shape index (κ1) is 21.9. The molecule has 1 amide bonds. The molecule has 1 aliphatic heterocycles. The van der Waals surface area contributed by atoms with E-state index in [1.165, 1.54) is 18.1 Å². The molecule has 2 aromatic carbocycles. The van der Waals surface area contributed by atoms with Crippen LogP contribution in [0.1, 0.15) is 33.7 Å². The van der Waals surface area contributed by atoms with Crippen molar-refractivity contribution in [2.45, 2.75) is 19.9 Å². The number of ketones is 1. The number of amides is 1. The van der Waals surface area contributed by atoms with Gasteiger partial charge < -0.3 is 18.7 Å². The first-order chi connectivity index (χ1) is 16.3. The van der Waals surface area contributed by atoms with Crippen molar-refractivity contribution in [1.29, 1.82) is 0 Å². The van der Waals surface area contributed by atoms with Crippen LogP contribution < -0.4 is 9.64 Å². The average molecular weight is 478 g/mol. The SMILES string of the molecule is COc1cc(Cl)cc2cc(C(=O)C3=C(O)C(=O)N(c4cccc(C)c4)C3c3ccc(C)o3)oc12. The van der Waals surface area contributed by atoms with Gasteiger partial charge >= 0.3 is 0 Å². The number of halogens is 1. The number of Topliss-reactive ketones (excluding diaryl/α,β-unsaturated/α-hetero) is 1. The number of anilines is 1. The maximum absolute atomic E-state index is 13.7. The number of aliphatic hydroxyl groups excluding tert-OH is 1. The molecule has 0 fully saturated rings. The van der Waals surface area contributed by atoms with Gasteiger partial charge in [-0.2, -0.15) is 0 Å². The van der Waals surface area contributed by atoms with Crippen molar-refractivity contribution in [3.63, 3.8) is 0 Å². The molecule has 1 atom stereocenters. The standard InChI is InChI=1S/C26H20ClNO6/c1-13-5-4-6-17(9-13)28-22(18-8-7-14(2)33-18)21(24(30)26(28)31)23(29)19-11-15-10-16(27)12-20(32-3)25(15)34-19/h4-12,22,30H,1-3H3. The fraction of sp³-hybridized carbons (Fsp3) is 0.154. The molecule has 0 saturated heterocycles. The van der Waals surface area contributed by atoms with Crippen LogP contribution in [0.2, 0.25) is 5.02 Å². The monoisotopic (exact) mass is 477 g/mol. The number of benzene rings is 2. The van der Waals surface area contributed by atoms with Crippen molar-refractivity contribution < 1.29 is 28.3 Å². The Morgan fingerprint density at radius 2 is 1.88 bits per heavy atom. The van der Waals surface area contributed by atoms with E-state index in [1.54, 1.807) is 49.4 Å². The summed E-state index contributed by atoms with van der Waals surface area (Å²) in [5, 5.41) is 11.9. The van der Waals surface area contributed by atoms with Gasteiger partial charge in [0.15, 0.2) is 22.9 Å². The number of carbonyl (C=O) groups excluding carboxylic acids is 2. The number of nitrogens with zero attached hydrogens (tertiary/aromatic N) is 1. The van der Waals surface area contributed by atoms with E-state index in [-0.39, 0.29) is 11.3 Å². The first-order valence-electron chi connectivity index (χ1n) is 10.5. The molecule has 7 nitrogen and oxygen atoms in total. The Morgan fingerprint density at radius 1 is 1.09 bits per heavy atom. The number of carbonyl (C=O) groups is 2. The van der Waals surface area contributed by atoms with Crippen LogP contribution in [0.5, 0.6) is 5.75 Å². The number of aryl methyl sites for hydroxylation is 2. The molecule has 0 saturated carbocycles. The average Bonchev–Trinajstić information content (AvgIpc) is 3.49. The van der Waals surface area contributed by atoms with Crippen LogP contribution in [0.3, 0.4) is 0 Å². The minimum absolute atomic E-state index is 0.0655. The maximum Gasteiger partial charge on any atom is 0.294 e. The van der Waals surface area contributed by atoms with Gasteiger partial charge in [-0.15, -0.1) is 0 Å². The van der Waals surface area contributed by atoms with Crippen molar-refractivity contribution in [2.24, 2.45) is 0 Å². The van der Waals surface area contributed by atoms with E-state index in [0.29, 0.717) is 38.9 Å². The molecule has 3 heterocycles. The highest BCUT2D eigenvalue weighted by Gasteiger charge is 2.47. The molecule has 1 aliphatic rings. The van der Waals surface area contributed by atoms with E-state index >= 15 is 0 Å². The highest BCUT2D eigenvalue weighted by atomic mass is 35.5. The summed E-state index contributed by atoms with van der Waals surface area (Å²) in [5.74, 6) is -0.759. The molecular weight excluding hydrogens is 458 g/mol. The third kappa shape index (κ3) is 3.45. The van der Waals surface area contributed by atoms with Gasteiger partial charge in [-0.25, -0.2) is 0 Å². The summed E-state index contributed by atoms with van der Waals surface area (Å²) in [6.45, 7) is 3.65. The van der Waals surface area contributed by atoms with Gasteiger partial charge in [0.1, 0.15) is 17.6 Å². The quantitative estimate of drug-likeness (QED) is 0.350. The molecule has 0 bridgehead atoms. The predicted molar refractivity (Wildman–Crippen MR) is 127 cm³/mol. The van der Waals surface area contributed by atoms with Gasteiger partial charge in [-0.05, 0) is 55.8 Å². The molecule has 1 unspecified atom stereocenters. The van der Waals surface area contributed by atoms with Crippen LogP contribution in [-0.4, -0.2) is 23.9 Å². The Balaban J connectivity index is 1.66. The molecule has 4 aromatic rings. The zero-order valence-electron chi connectivity index (χ0n) is 18.6. The third-order valence-electron chi connectivity index (χ3n) is 5.75. The van der Waals surface area contributed by atoms with Crippen molar-refractivity contribution in [2.75, 3.05) is 12.0 Å². The molecule has 172 valence electrons. The lowest BCUT2D eigenvalue weighted by Crippen LogP contribution is -2.30. The fourth-order valence-corrected chi connectivity index (χ4v) is 4.45. The van der Waals surface area contributed by atoms with E-state index in [1.807, 2.05) is 13.0 Å². The normalized spacial score (nSPS) is 16.1. The lowest BCUT2D eigenvalue weighted by atomic mass is 9.99. The summed E-state index contributed by atoms with van der Waals surface area (Å²) in [7, 11) is 1.47. The molecule has 0 aliphatic carbocycles. The molecule has 1 N–H and O–H groups in total. The number of aliphatic hydroxyl groups is 1. The largest absolute Gasteiger partial charge is 0.503 e. The third-order valence-corrected chi connectivity index (χ3v) is 5.97. The highest BCUT2D eigenvalue weighted by molar-refractivity contribution is 6.31. The van der Waals surface area contributed by atoms with E-state index in [9.17, 15) is 14.7 Å². The van der Waals surface area contributed by atoms with Gasteiger partial charge in [-0.3, -0.25) is 14.5 Å². The zero-order chi connectivity index (χ0) is 24.1. The van der Waals surface area contributed by atoms with Crippen molar-refractivity contribution in [1.82, 2.24) is 0 Å². The number of ether oxygens (including phenoxy) is 1. The minimum atomic E-state index is -0.978. The van der Waals surface area contributed by atoms with Gasteiger partial charge in [-0.1, -0.05) is 23.7 Å². The Bertz CT molecular complexity index is 1490. The molecule has 0 spiro atoms. The van der Waals surface area contributed by atoms with Gasteiger partial charge in [0.25, 0.3) is 5.91 Å². The Labute approximate surface area is 199 Å². The summed E-state index contributed by atoms with van der Waals surface area (Å²) in [6, 6.07) is 14.4. The van der Waals surface area contributed by atoms with Gasteiger partial charge in [0.2, 0.25) is 5.78 Å². The summed E-state index contributed by atoms with van der Waals surface area (Å²) >= 11 is 6.15. The van der Waals surface area contributed by atoms with Crippen molar-refractivity contribution in [3.8, 4) is 5.75 Å². The zero-order valence-corrected chi connectivity index (χ0v) is 19.3. The van der Waals surface area contributed by atoms with E-state index < -0.39 is 23.5 Å². The van der Waals surface area contributed by atoms with E-state index in [0.717, 1.165) is 5.56 Å². The molecule has 0 radical (unpaired) electrons. The number of fused-ring (bicyclic) bond motifs is 1. The smallest absolute Gasteiger partial charge is 0.294 e. The first-order valence-corrected chi connectivity index (χ1v) is 10.9. The fourth-order valence-electron chi connectivity index (χ4n) is 4.23. The molecular formula is C26H20ClNO6. The van der Waals surface area contributed by atoms with Crippen LogP contribution >= 0.6 is 11.6 Å². The van der Waals surface area contributed by atoms with Crippen LogP contribution in [-0.2, 0) is 4.79 Å². The van der Waals surface area contributed by atoms with Crippen LogP contribution in [0.15, 0.2) is 74.8 Å². The summed E-state index contributed by atoms with van der Waals surface area (Å²) in [5.41, 5.74) is 1.64. The van der Waals surface area contributed by atoms with Crippen molar-refractivity contribution >= 4 is 39.9 Å². The Morgan fingerprint density at radius 3 is 2.56 bits per heavy atom. The maximum atomic E-state index is 13.7. The molecule has 8 heteroatoms. The second-order valence-corrected chi connectivity index (χ2v) is 8.53. The topological polar surface area (TPSA) is 93.1 Å².